The molecule has 0 spiro atoms. The summed E-state index contributed by atoms with van der Waals surface area (Å²) in [5.74, 6) is -0.638. The summed E-state index contributed by atoms with van der Waals surface area (Å²) in [4.78, 5) is 22.7. The molecule has 26 heavy (non-hydrogen) atoms. The summed E-state index contributed by atoms with van der Waals surface area (Å²) < 4.78 is 10.6. The van der Waals surface area contributed by atoms with Crippen molar-refractivity contribution in [2.45, 2.75) is 13.8 Å². The predicted octanol–water partition coefficient (Wildman–Crippen LogP) is 2.62. The minimum absolute atomic E-state index is 0.300. The summed E-state index contributed by atoms with van der Waals surface area (Å²) in [6, 6.07) is 12.2. The van der Waals surface area contributed by atoms with Crippen molar-refractivity contribution < 1.29 is 24.2 Å². The number of benzene rings is 2. The lowest BCUT2D eigenvalue weighted by molar-refractivity contribution is -0.139. The number of nitrogens with zero attached hydrogens (tertiary/aromatic N) is 1. The van der Waals surface area contributed by atoms with Crippen LogP contribution in [0.4, 0.5) is 0 Å². The first-order valence-corrected chi connectivity index (χ1v) is 8.01. The molecule has 0 fully saturated rings. The number of amides is 1. The second-order valence-electron chi connectivity index (χ2n) is 5.34. The summed E-state index contributed by atoms with van der Waals surface area (Å²) in [6.45, 7) is 3.60. The SMILES string of the molecule is CCOc1cc(C=NNC(=O)c2ccccc2C)ccc1OCC(=O)O. The number of carboxylic acids is 1. The zero-order chi connectivity index (χ0) is 18.9. The third kappa shape index (κ3) is 5.34. The number of hydrogen-bond donors (Lipinski definition) is 2. The van der Waals surface area contributed by atoms with Crippen molar-refractivity contribution in [3.8, 4) is 11.5 Å². The molecule has 0 saturated heterocycles. The number of ether oxygens (including phenoxy) is 2. The van der Waals surface area contributed by atoms with Crippen molar-refractivity contribution in [3.05, 3.63) is 59.2 Å². The number of carbonyl (C=O) groups excluding carboxylic acids is 1. The second kappa shape index (κ2) is 9.22. The highest BCUT2D eigenvalue weighted by atomic mass is 16.5. The van der Waals surface area contributed by atoms with Crippen LogP contribution in [0.2, 0.25) is 0 Å². The molecule has 2 rings (SSSR count). The Hall–Kier alpha value is -3.35. The molecular weight excluding hydrogens is 336 g/mol. The van der Waals surface area contributed by atoms with Gasteiger partial charge in [0, 0.05) is 5.56 Å². The minimum Gasteiger partial charge on any atom is -0.490 e. The van der Waals surface area contributed by atoms with Gasteiger partial charge in [0.1, 0.15) is 0 Å². The summed E-state index contributed by atoms with van der Waals surface area (Å²) in [6.07, 6.45) is 1.47. The van der Waals surface area contributed by atoms with Crippen molar-refractivity contribution in [1.29, 1.82) is 0 Å². The number of aliphatic carboxylic acids is 1. The lowest BCUT2D eigenvalue weighted by atomic mass is 10.1. The quantitative estimate of drug-likeness (QED) is 0.560. The average Bonchev–Trinajstić information content (AvgIpc) is 2.61. The van der Waals surface area contributed by atoms with E-state index in [1.54, 1.807) is 30.3 Å². The van der Waals surface area contributed by atoms with Gasteiger partial charge in [0.15, 0.2) is 18.1 Å². The largest absolute Gasteiger partial charge is 0.490 e. The van der Waals surface area contributed by atoms with E-state index in [4.69, 9.17) is 14.6 Å². The van der Waals surface area contributed by atoms with Crippen LogP contribution < -0.4 is 14.9 Å². The average molecular weight is 356 g/mol. The van der Waals surface area contributed by atoms with Gasteiger partial charge < -0.3 is 14.6 Å². The predicted molar refractivity (Wildman–Crippen MR) is 97.0 cm³/mol. The van der Waals surface area contributed by atoms with Crippen LogP contribution in [0, 0.1) is 6.92 Å². The molecule has 7 nitrogen and oxygen atoms in total. The molecule has 1 amide bonds. The number of aryl methyl sites for hydroxylation is 1. The first-order chi connectivity index (χ1) is 12.5. The van der Waals surface area contributed by atoms with E-state index in [1.807, 2.05) is 26.0 Å². The monoisotopic (exact) mass is 356 g/mol. The van der Waals surface area contributed by atoms with Crippen LogP contribution in [0.3, 0.4) is 0 Å². The third-order valence-electron chi connectivity index (χ3n) is 3.39. The first kappa shape index (κ1) is 19.0. The van der Waals surface area contributed by atoms with E-state index < -0.39 is 12.6 Å². The Morgan fingerprint density at radius 2 is 1.92 bits per heavy atom. The molecule has 0 radical (unpaired) electrons. The number of hydrogen-bond acceptors (Lipinski definition) is 5. The van der Waals surface area contributed by atoms with Crippen LogP contribution in [-0.2, 0) is 4.79 Å². The number of carbonyl (C=O) groups is 2. The molecule has 0 saturated carbocycles. The van der Waals surface area contributed by atoms with Gasteiger partial charge in [-0.1, -0.05) is 18.2 Å². The molecule has 136 valence electrons. The zero-order valence-corrected chi connectivity index (χ0v) is 14.6. The molecule has 0 unspecified atom stereocenters. The first-order valence-electron chi connectivity index (χ1n) is 8.01. The maximum Gasteiger partial charge on any atom is 0.341 e. The summed E-state index contributed by atoms with van der Waals surface area (Å²) in [5.41, 5.74) is 4.56. The van der Waals surface area contributed by atoms with E-state index in [2.05, 4.69) is 10.5 Å². The van der Waals surface area contributed by atoms with Crippen molar-refractivity contribution >= 4 is 18.1 Å². The minimum atomic E-state index is -1.07. The molecule has 2 aromatic carbocycles. The van der Waals surface area contributed by atoms with Gasteiger partial charge >= 0.3 is 5.97 Å². The van der Waals surface area contributed by atoms with Gasteiger partial charge in [-0.05, 0) is 49.2 Å². The molecule has 0 aromatic heterocycles. The van der Waals surface area contributed by atoms with E-state index >= 15 is 0 Å². The highest BCUT2D eigenvalue weighted by Crippen LogP contribution is 2.28. The summed E-state index contributed by atoms with van der Waals surface area (Å²) in [7, 11) is 0. The molecule has 7 heteroatoms. The highest BCUT2D eigenvalue weighted by molar-refractivity contribution is 5.96. The van der Waals surface area contributed by atoms with Crippen LogP contribution in [-0.4, -0.2) is 36.4 Å². The van der Waals surface area contributed by atoms with Gasteiger partial charge in [-0.3, -0.25) is 4.79 Å². The lowest BCUT2D eigenvalue weighted by Crippen LogP contribution is -2.18. The van der Waals surface area contributed by atoms with Crippen LogP contribution in [0.1, 0.15) is 28.4 Å². The molecule has 2 aromatic rings. The van der Waals surface area contributed by atoms with Crippen LogP contribution in [0.25, 0.3) is 0 Å². The van der Waals surface area contributed by atoms with Gasteiger partial charge in [0.25, 0.3) is 5.91 Å². The smallest absolute Gasteiger partial charge is 0.341 e. The summed E-state index contributed by atoms with van der Waals surface area (Å²) in [5, 5.41) is 12.7. The van der Waals surface area contributed by atoms with Gasteiger partial charge in [0.05, 0.1) is 12.8 Å². The Morgan fingerprint density at radius 1 is 1.15 bits per heavy atom. The highest BCUT2D eigenvalue weighted by Gasteiger charge is 2.09. The Labute approximate surface area is 151 Å². The van der Waals surface area contributed by atoms with Gasteiger partial charge in [-0.2, -0.15) is 5.10 Å². The van der Waals surface area contributed by atoms with Gasteiger partial charge in [0.2, 0.25) is 0 Å². The van der Waals surface area contributed by atoms with E-state index in [-0.39, 0.29) is 5.91 Å². The Morgan fingerprint density at radius 3 is 2.62 bits per heavy atom. The molecule has 0 aliphatic rings. The summed E-state index contributed by atoms with van der Waals surface area (Å²) >= 11 is 0. The van der Waals surface area contributed by atoms with E-state index in [0.29, 0.717) is 29.2 Å². The van der Waals surface area contributed by atoms with Gasteiger partial charge in [-0.25, -0.2) is 10.2 Å². The molecule has 2 N–H and O–H groups in total. The Kier molecular flexibility index (Phi) is 6.73. The fraction of sp³-hybridized carbons (Fsp3) is 0.211. The third-order valence-corrected chi connectivity index (χ3v) is 3.39. The Balaban J connectivity index is 2.07. The van der Waals surface area contributed by atoms with Crippen molar-refractivity contribution in [2.24, 2.45) is 5.10 Å². The fourth-order valence-electron chi connectivity index (χ4n) is 2.19. The number of carboxylic acid groups (broad SMARTS) is 1. The van der Waals surface area contributed by atoms with Crippen molar-refractivity contribution in [2.75, 3.05) is 13.2 Å². The molecule has 0 bridgehead atoms. The zero-order valence-electron chi connectivity index (χ0n) is 14.6. The molecule has 0 aliphatic heterocycles. The lowest BCUT2D eigenvalue weighted by Gasteiger charge is -2.11. The molecular formula is C19H20N2O5. The molecule has 0 heterocycles. The van der Waals surface area contributed by atoms with Crippen molar-refractivity contribution in [3.63, 3.8) is 0 Å². The van der Waals surface area contributed by atoms with E-state index in [0.717, 1.165) is 5.56 Å². The maximum absolute atomic E-state index is 12.1. The maximum atomic E-state index is 12.1. The molecule has 0 atom stereocenters. The fourth-order valence-corrected chi connectivity index (χ4v) is 2.19. The number of hydrazone groups is 1. The molecule has 0 aliphatic carbocycles. The van der Waals surface area contributed by atoms with Crippen LogP contribution in [0.5, 0.6) is 11.5 Å². The van der Waals surface area contributed by atoms with E-state index in [9.17, 15) is 9.59 Å². The van der Waals surface area contributed by atoms with Crippen molar-refractivity contribution in [1.82, 2.24) is 5.43 Å². The van der Waals surface area contributed by atoms with Crippen LogP contribution >= 0.6 is 0 Å². The number of rotatable bonds is 8. The van der Waals surface area contributed by atoms with Crippen LogP contribution in [0.15, 0.2) is 47.6 Å². The second-order valence-corrected chi connectivity index (χ2v) is 5.34. The van der Waals surface area contributed by atoms with E-state index in [1.165, 1.54) is 6.21 Å². The normalized spacial score (nSPS) is 10.5. The Bertz CT molecular complexity index is 817. The number of nitrogens with one attached hydrogen (secondary N) is 1. The standard InChI is InChI=1S/C19H20N2O5/c1-3-25-17-10-14(8-9-16(17)26-12-18(22)23)11-20-21-19(24)15-7-5-4-6-13(15)2/h4-11H,3,12H2,1-2H3,(H,21,24)(H,22,23). The van der Waals surface area contributed by atoms with Gasteiger partial charge in [-0.15, -0.1) is 0 Å². The topological polar surface area (TPSA) is 97.2 Å².